The molecule has 0 radical (unpaired) electrons. The van der Waals surface area contributed by atoms with Crippen LogP contribution in [0.25, 0.3) is 11.0 Å². The second kappa shape index (κ2) is 6.40. The van der Waals surface area contributed by atoms with Crippen LogP contribution in [0.4, 0.5) is 0 Å². The first-order valence-electron chi connectivity index (χ1n) is 6.73. The van der Waals surface area contributed by atoms with Crippen LogP contribution in [0.3, 0.4) is 0 Å². The van der Waals surface area contributed by atoms with Crippen molar-refractivity contribution in [3.8, 4) is 0 Å². The van der Waals surface area contributed by atoms with Gasteiger partial charge in [-0.3, -0.25) is 0 Å². The van der Waals surface area contributed by atoms with Crippen LogP contribution in [0, 0.1) is 6.92 Å². The molecule has 104 valence electrons. The van der Waals surface area contributed by atoms with Crippen molar-refractivity contribution in [2.24, 2.45) is 0 Å². The molecule has 0 N–H and O–H groups in total. The van der Waals surface area contributed by atoms with Crippen LogP contribution in [0.15, 0.2) is 18.2 Å². The van der Waals surface area contributed by atoms with E-state index in [1.807, 2.05) is 0 Å². The lowest BCUT2D eigenvalue weighted by Crippen LogP contribution is -2.16. The van der Waals surface area contributed by atoms with Crippen LogP contribution < -0.4 is 0 Å². The minimum atomic E-state index is 0.316. The van der Waals surface area contributed by atoms with Gasteiger partial charge < -0.3 is 9.30 Å². The molecule has 2 rings (SSSR count). The third kappa shape index (κ3) is 2.93. The molecule has 0 saturated heterocycles. The molecule has 1 heterocycles. The molecular formula is C15H21ClN2O. The van der Waals surface area contributed by atoms with Crippen molar-refractivity contribution in [1.29, 1.82) is 0 Å². The van der Waals surface area contributed by atoms with Crippen molar-refractivity contribution in [2.45, 2.75) is 32.7 Å². The van der Waals surface area contributed by atoms with Gasteiger partial charge in [0.05, 0.1) is 23.7 Å². The maximum absolute atomic E-state index is 5.91. The van der Waals surface area contributed by atoms with Crippen LogP contribution in [0.1, 0.15) is 30.8 Å². The number of hydrogen-bond acceptors (Lipinski definition) is 2. The highest BCUT2D eigenvalue weighted by molar-refractivity contribution is 6.17. The number of ether oxygens (including phenoxy) is 1. The van der Waals surface area contributed by atoms with Gasteiger partial charge in [0, 0.05) is 19.4 Å². The van der Waals surface area contributed by atoms with Gasteiger partial charge in [-0.1, -0.05) is 13.0 Å². The van der Waals surface area contributed by atoms with E-state index < -0.39 is 0 Å². The Kier molecular flexibility index (Phi) is 4.83. The monoisotopic (exact) mass is 280 g/mol. The smallest absolute Gasteiger partial charge is 0.111 e. The second-order valence-electron chi connectivity index (χ2n) is 4.85. The number of halogens is 1. The fraction of sp³-hybridized carbons (Fsp3) is 0.533. The fourth-order valence-corrected chi connectivity index (χ4v) is 2.66. The Hall–Kier alpha value is -1.06. The minimum absolute atomic E-state index is 0.316. The average Bonchev–Trinajstić information content (AvgIpc) is 2.73. The van der Waals surface area contributed by atoms with Crippen molar-refractivity contribution >= 4 is 22.6 Å². The number of aromatic nitrogens is 2. The van der Waals surface area contributed by atoms with Crippen molar-refractivity contribution < 1.29 is 4.74 Å². The van der Waals surface area contributed by atoms with Crippen molar-refractivity contribution in [3.05, 3.63) is 29.6 Å². The number of methoxy groups -OCH3 is 1. The number of alkyl halides is 1. The Bertz CT molecular complexity index is 550. The van der Waals surface area contributed by atoms with Crippen LogP contribution in [0.2, 0.25) is 0 Å². The Morgan fingerprint density at radius 2 is 2.21 bits per heavy atom. The van der Waals surface area contributed by atoms with E-state index in [1.165, 1.54) is 11.1 Å². The standard InChI is InChI=1S/C15H21ClN2O/c1-4-12(10-19-3)18-14-6-5-11(2)9-13(14)17-15(18)7-8-16/h5-6,9,12H,4,7-8,10H2,1-3H3. The van der Waals surface area contributed by atoms with Gasteiger partial charge in [-0.05, 0) is 31.0 Å². The SMILES string of the molecule is CCC(COC)n1c(CCCl)nc2cc(C)ccc21. The summed E-state index contributed by atoms with van der Waals surface area (Å²) in [5.41, 5.74) is 3.46. The maximum Gasteiger partial charge on any atom is 0.111 e. The summed E-state index contributed by atoms with van der Waals surface area (Å²) in [5, 5.41) is 0. The van der Waals surface area contributed by atoms with Gasteiger partial charge in [0.15, 0.2) is 0 Å². The molecule has 1 aromatic heterocycles. The van der Waals surface area contributed by atoms with Gasteiger partial charge in [-0.2, -0.15) is 0 Å². The molecule has 0 saturated carbocycles. The van der Waals surface area contributed by atoms with E-state index >= 15 is 0 Å². The minimum Gasteiger partial charge on any atom is -0.383 e. The summed E-state index contributed by atoms with van der Waals surface area (Å²) in [6, 6.07) is 6.72. The lowest BCUT2D eigenvalue weighted by atomic mass is 10.2. The third-order valence-corrected chi connectivity index (χ3v) is 3.62. The van der Waals surface area contributed by atoms with Crippen molar-refractivity contribution in [2.75, 3.05) is 19.6 Å². The van der Waals surface area contributed by atoms with E-state index in [0.29, 0.717) is 18.5 Å². The highest BCUT2D eigenvalue weighted by Gasteiger charge is 2.17. The normalized spacial score (nSPS) is 13.1. The van der Waals surface area contributed by atoms with E-state index in [-0.39, 0.29) is 0 Å². The quantitative estimate of drug-likeness (QED) is 0.754. The molecule has 0 amide bonds. The average molecular weight is 281 g/mol. The van der Waals surface area contributed by atoms with Crippen LogP contribution in [-0.2, 0) is 11.2 Å². The highest BCUT2D eigenvalue weighted by Crippen LogP contribution is 2.25. The predicted octanol–water partition coefficient (Wildman–Crippen LogP) is 3.72. The number of nitrogens with zero attached hydrogens (tertiary/aromatic N) is 2. The van der Waals surface area contributed by atoms with Crippen LogP contribution in [-0.4, -0.2) is 29.1 Å². The van der Waals surface area contributed by atoms with Gasteiger partial charge in [-0.25, -0.2) is 4.98 Å². The summed E-state index contributed by atoms with van der Waals surface area (Å²) in [6.07, 6.45) is 1.80. The summed E-state index contributed by atoms with van der Waals surface area (Å²) in [5.74, 6) is 1.64. The summed E-state index contributed by atoms with van der Waals surface area (Å²) in [6.45, 7) is 4.96. The highest BCUT2D eigenvalue weighted by atomic mass is 35.5. The number of rotatable bonds is 6. The van der Waals surface area contributed by atoms with Crippen molar-refractivity contribution in [1.82, 2.24) is 9.55 Å². The molecular weight excluding hydrogens is 260 g/mol. The summed E-state index contributed by atoms with van der Waals surface area (Å²) in [7, 11) is 1.74. The molecule has 4 heteroatoms. The molecule has 1 unspecified atom stereocenters. The van der Waals surface area contributed by atoms with Gasteiger partial charge in [-0.15, -0.1) is 11.6 Å². The molecule has 0 aliphatic carbocycles. The first-order valence-corrected chi connectivity index (χ1v) is 7.27. The van der Waals surface area contributed by atoms with Crippen LogP contribution >= 0.6 is 11.6 Å². The largest absolute Gasteiger partial charge is 0.383 e. The van der Waals surface area contributed by atoms with E-state index in [2.05, 4.69) is 36.6 Å². The first-order chi connectivity index (χ1) is 9.21. The molecule has 0 fully saturated rings. The molecule has 19 heavy (non-hydrogen) atoms. The van der Waals surface area contributed by atoms with E-state index in [4.69, 9.17) is 21.3 Å². The number of imidazole rings is 1. The summed E-state index contributed by atoms with van der Waals surface area (Å²) in [4.78, 5) is 4.74. The lowest BCUT2D eigenvalue weighted by molar-refractivity contribution is 0.153. The summed E-state index contributed by atoms with van der Waals surface area (Å²) < 4.78 is 7.64. The Labute approximate surface area is 119 Å². The predicted molar refractivity (Wildman–Crippen MR) is 80.1 cm³/mol. The number of hydrogen-bond donors (Lipinski definition) is 0. The third-order valence-electron chi connectivity index (χ3n) is 3.43. The van der Waals surface area contributed by atoms with E-state index in [1.54, 1.807) is 7.11 Å². The topological polar surface area (TPSA) is 27.1 Å². The number of fused-ring (bicyclic) bond motifs is 1. The Morgan fingerprint density at radius 3 is 2.84 bits per heavy atom. The van der Waals surface area contributed by atoms with Gasteiger partial charge >= 0.3 is 0 Å². The maximum atomic E-state index is 5.91. The zero-order valence-electron chi connectivity index (χ0n) is 11.8. The van der Waals surface area contributed by atoms with Gasteiger partial charge in [0.25, 0.3) is 0 Å². The van der Waals surface area contributed by atoms with E-state index in [0.717, 1.165) is 24.2 Å². The second-order valence-corrected chi connectivity index (χ2v) is 5.22. The first kappa shape index (κ1) is 14.4. The van der Waals surface area contributed by atoms with E-state index in [9.17, 15) is 0 Å². The van der Waals surface area contributed by atoms with Gasteiger partial charge in [0.1, 0.15) is 5.82 Å². The molecule has 0 spiro atoms. The fourth-order valence-electron chi connectivity index (χ4n) is 2.49. The number of aryl methyl sites for hydroxylation is 2. The Morgan fingerprint density at radius 1 is 1.42 bits per heavy atom. The molecule has 0 bridgehead atoms. The zero-order valence-corrected chi connectivity index (χ0v) is 12.6. The van der Waals surface area contributed by atoms with Gasteiger partial charge in [0.2, 0.25) is 0 Å². The molecule has 2 aromatic rings. The molecule has 3 nitrogen and oxygen atoms in total. The van der Waals surface area contributed by atoms with Crippen molar-refractivity contribution in [3.63, 3.8) is 0 Å². The lowest BCUT2D eigenvalue weighted by Gasteiger charge is -2.19. The molecule has 1 atom stereocenters. The molecule has 0 aliphatic heterocycles. The number of benzene rings is 1. The zero-order chi connectivity index (χ0) is 13.8. The molecule has 0 aliphatic rings. The van der Waals surface area contributed by atoms with Crippen LogP contribution in [0.5, 0.6) is 0 Å². The summed E-state index contributed by atoms with van der Waals surface area (Å²) >= 11 is 5.91. The molecule has 1 aromatic carbocycles. The Balaban J connectivity index is 2.56.